The smallest absolute Gasteiger partial charge is 0.272 e. The summed E-state index contributed by atoms with van der Waals surface area (Å²) in [4.78, 5) is 19.2. The molecule has 1 amide bonds. The molecule has 31 heavy (non-hydrogen) atoms. The number of nitrogens with one attached hydrogen (secondary N) is 1. The maximum Gasteiger partial charge on any atom is 0.272 e. The van der Waals surface area contributed by atoms with Gasteiger partial charge in [-0.05, 0) is 79.3 Å². The summed E-state index contributed by atoms with van der Waals surface area (Å²) < 4.78 is 5.73. The van der Waals surface area contributed by atoms with E-state index >= 15 is 0 Å². The molecule has 0 bridgehead atoms. The molecule has 0 aliphatic heterocycles. The Balaban J connectivity index is 1.30. The number of amides is 1. The highest BCUT2D eigenvalue weighted by Crippen LogP contribution is 2.30. The lowest BCUT2D eigenvalue weighted by atomic mass is 10.1. The first-order valence-corrected chi connectivity index (χ1v) is 11.7. The second-order valence-corrected chi connectivity index (χ2v) is 9.57. The number of carbonyl (C=O) groups excluding carboxylic acids is 1. The van der Waals surface area contributed by atoms with Gasteiger partial charge in [-0.2, -0.15) is 0 Å². The lowest BCUT2D eigenvalue weighted by Gasteiger charge is -2.24. The first-order valence-electron chi connectivity index (χ1n) is 11.7. The molecular formula is C26H35N3O2. The molecule has 1 aromatic carbocycles. The maximum absolute atomic E-state index is 13.0. The molecule has 0 unspecified atom stereocenters. The molecule has 0 saturated heterocycles. The summed E-state index contributed by atoms with van der Waals surface area (Å²) in [5.41, 5.74) is 4.52. The molecule has 1 heterocycles. The predicted molar refractivity (Wildman–Crippen MR) is 123 cm³/mol. The van der Waals surface area contributed by atoms with Gasteiger partial charge < -0.3 is 15.0 Å². The van der Waals surface area contributed by atoms with Crippen LogP contribution in [0, 0.1) is 11.8 Å². The number of ether oxygens (including phenoxy) is 1. The molecule has 1 atom stereocenters. The molecule has 0 radical (unpaired) electrons. The maximum atomic E-state index is 13.0. The van der Waals surface area contributed by atoms with E-state index in [1.165, 1.54) is 36.0 Å². The summed E-state index contributed by atoms with van der Waals surface area (Å²) >= 11 is 0. The average Bonchev–Trinajstić information content (AvgIpc) is 3.51. The fourth-order valence-corrected chi connectivity index (χ4v) is 4.09. The van der Waals surface area contributed by atoms with Crippen molar-refractivity contribution in [2.24, 2.45) is 11.8 Å². The third-order valence-corrected chi connectivity index (χ3v) is 6.42. The highest BCUT2D eigenvalue weighted by atomic mass is 16.5. The van der Waals surface area contributed by atoms with E-state index in [1.807, 2.05) is 18.0 Å². The molecule has 2 aromatic rings. The Morgan fingerprint density at radius 1 is 1.19 bits per heavy atom. The van der Waals surface area contributed by atoms with Gasteiger partial charge in [0, 0.05) is 19.6 Å². The van der Waals surface area contributed by atoms with E-state index in [0.29, 0.717) is 11.6 Å². The number of hydrogen-bond donors (Lipinski definition) is 1. The van der Waals surface area contributed by atoms with Gasteiger partial charge in [0.15, 0.2) is 0 Å². The highest BCUT2D eigenvalue weighted by Gasteiger charge is 2.29. The minimum absolute atomic E-state index is 0.0258. The van der Waals surface area contributed by atoms with Gasteiger partial charge in [0.2, 0.25) is 0 Å². The number of benzene rings is 1. The van der Waals surface area contributed by atoms with E-state index in [4.69, 9.17) is 4.74 Å². The Morgan fingerprint density at radius 2 is 2.00 bits per heavy atom. The molecule has 1 fully saturated rings. The van der Waals surface area contributed by atoms with Crippen LogP contribution < -0.4 is 10.1 Å². The second-order valence-electron chi connectivity index (χ2n) is 9.57. The summed E-state index contributed by atoms with van der Waals surface area (Å²) in [5.74, 6) is 2.14. The molecule has 4 rings (SSSR count). The van der Waals surface area contributed by atoms with Gasteiger partial charge in [-0.25, -0.2) is 4.98 Å². The molecule has 1 N–H and O–H groups in total. The van der Waals surface area contributed by atoms with E-state index in [-0.39, 0.29) is 11.9 Å². The Morgan fingerprint density at radius 3 is 2.71 bits per heavy atom. The van der Waals surface area contributed by atoms with Crippen LogP contribution in [0.25, 0.3) is 0 Å². The molecule has 5 heteroatoms. The zero-order chi connectivity index (χ0) is 21.8. The van der Waals surface area contributed by atoms with Crippen LogP contribution in [0.3, 0.4) is 0 Å². The summed E-state index contributed by atoms with van der Waals surface area (Å²) in [6, 6.07) is 10.6. The summed E-state index contributed by atoms with van der Waals surface area (Å²) in [7, 11) is 1.90. The van der Waals surface area contributed by atoms with Crippen LogP contribution in [0.5, 0.6) is 5.75 Å². The van der Waals surface area contributed by atoms with Gasteiger partial charge in [-0.1, -0.05) is 32.0 Å². The molecule has 5 nitrogen and oxygen atoms in total. The van der Waals surface area contributed by atoms with Gasteiger partial charge in [-0.15, -0.1) is 0 Å². The summed E-state index contributed by atoms with van der Waals surface area (Å²) in [6.07, 6.45) is 7.19. The lowest BCUT2D eigenvalue weighted by molar-refractivity contribution is 0.0731. The molecule has 166 valence electrons. The number of aromatic nitrogens is 1. The summed E-state index contributed by atoms with van der Waals surface area (Å²) in [6.45, 7) is 7.21. The number of rotatable bonds is 10. The van der Waals surface area contributed by atoms with Crippen LogP contribution in [0.2, 0.25) is 0 Å². The molecule has 2 aliphatic rings. The largest absolute Gasteiger partial charge is 0.492 e. The molecule has 2 aliphatic carbocycles. The second kappa shape index (κ2) is 9.82. The molecule has 1 aromatic heterocycles. The van der Waals surface area contributed by atoms with Crippen LogP contribution in [0.4, 0.5) is 0 Å². The number of carbonyl (C=O) groups is 1. The number of pyridine rings is 1. The van der Waals surface area contributed by atoms with E-state index in [1.54, 1.807) is 12.3 Å². The Hall–Kier alpha value is -2.40. The molecule has 1 saturated carbocycles. The first-order chi connectivity index (χ1) is 15.0. The summed E-state index contributed by atoms with van der Waals surface area (Å²) in [5, 5.41) is 3.54. The normalized spacial score (nSPS) is 17.6. The highest BCUT2D eigenvalue weighted by molar-refractivity contribution is 5.92. The van der Waals surface area contributed by atoms with E-state index < -0.39 is 0 Å². The van der Waals surface area contributed by atoms with Crippen molar-refractivity contribution in [1.29, 1.82) is 0 Å². The number of likely N-dealkylation sites (N-methyl/N-ethyl adjacent to an activating group) is 1. The van der Waals surface area contributed by atoms with E-state index in [2.05, 4.69) is 42.3 Å². The number of nitrogens with zero attached hydrogens (tertiary/aromatic N) is 2. The predicted octanol–water partition coefficient (Wildman–Crippen LogP) is 4.25. The van der Waals surface area contributed by atoms with Crippen molar-refractivity contribution < 1.29 is 9.53 Å². The number of hydrogen-bond acceptors (Lipinski definition) is 4. The first kappa shape index (κ1) is 21.8. The van der Waals surface area contributed by atoms with Crippen molar-refractivity contribution in [2.75, 3.05) is 20.2 Å². The zero-order valence-electron chi connectivity index (χ0n) is 19.1. The topological polar surface area (TPSA) is 54.5 Å². The van der Waals surface area contributed by atoms with Gasteiger partial charge >= 0.3 is 0 Å². The minimum Gasteiger partial charge on any atom is -0.492 e. The van der Waals surface area contributed by atoms with Crippen LogP contribution in [0.15, 0.2) is 36.5 Å². The standard InChI is InChI=1S/C26H35N3O2/c1-18(2)10-11-27-15-20-6-7-21-13-23(14-22(21)12-20)29(3)26(30)25-9-8-24(16-28-25)31-17-19-4-5-19/h6-9,12,16,18-19,23,27H,4-5,10-11,13-15,17H2,1-3H3/t23-/m1/s1. The van der Waals surface area contributed by atoms with Crippen molar-refractivity contribution >= 4 is 5.91 Å². The fourth-order valence-electron chi connectivity index (χ4n) is 4.09. The van der Waals surface area contributed by atoms with Crippen molar-refractivity contribution in [3.8, 4) is 5.75 Å². The van der Waals surface area contributed by atoms with Crippen molar-refractivity contribution in [3.05, 3.63) is 58.9 Å². The quantitative estimate of drug-likeness (QED) is 0.583. The van der Waals surface area contributed by atoms with E-state index in [9.17, 15) is 4.79 Å². The van der Waals surface area contributed by atoms with Gasteiger partial charge in [0.1, 0.15) is 11.4 Å². The van der Waals surface area contributed by atoms with Gasteiger partial charge in [-0.3, -0.25) is 4.79 Å². The van der Waals surface area contributed by atoms with Gasteiger partial charge in [0.25, 0.3) is 5.91 Å². The Labute approximate surface area is 186 Å². The Bertz CT molecular complexity index is 890. The minimum atomic E-state index is -0.0258. The third-order valence-electron chi connectivity index (χ3n) is 6.42. The Kier molecular flexibility index (Phi) is 6.91. The van der Waals surface area contributed by atoms with Crippen LogP contribution >= 0.6 is 0 Å². The van der Waals surface area contributed by atoms with E-state index in [0.717, 1.165) is 44.2 Å². The van der Waals surface area contributed by atoms with Crippen molar-refractivity contribution in [3.63, 3.8) is 0 Å². The van der Waals surface area contributed by atoms with Crippen LogP contribution in [-0.4, -0.2) is 42.0 Å². The van der Waals surface area contributed by atoms with Crippen molar-refractivity contribution in [2.45, 2.75) is 58.5 Å². The molecular weight excluding hydrogens is 386 g/mol. The van der Waals surface area contributed by atoms with Crippen molar-refractivity contribution in [1.82, 2.24) is 15.2 Å². The average molecular weight is 422 g/mol. The SMILES string of the molecule is CC(C)CCNCc1ccc2c(c1)C[C@H](N(C)C(=O)c1ccc(OCC3CC3)cn1)C2. The molecule has 0 spiro atoms. The number of fused-ring (bicyclic) bond motifs is 1. The monoisotopic (exact) mass is 421 g/mol. The van der Waals surface area contributed by atoms with Crippen LogP contribution in [-0.2, 0) is 19.4 Å². The fraction of sp³-hybridized carbons (Fsp3) is 0.538. The van der Waals surface area contributed by atoms with Gasteiger partial charge in [0.05, 0.1) is 12.8 Å². The lowest BCUT2D eigenvalue weighted by Crippen LogP contribution is -2.38. The van der Waals surface area contributed by atoms with Crippen LogP contribution in [0.1, 0.15) is 60.3 Å². The zero-order valence-corrected chi connectivity index (χ0v) is 19.1. The third kappa shape index (κ3) is 5.85.